The fourth-order valence-electron chi connectivity index (χ4n) is 5.06. The summed E-state index contributed by atoms with van der Waals surface area (Å²) in [4.78, 5) is 31.3. The lowest BCUT2D eigenvalue weighted by Gasteiger charge is -2.40. The van der Waals surface area contributed by atoms with Crippen molar-refractivity contribution in [3.05, 3.63) is 54.5 Å². The molecule has 3 aliphatic rings. The molecule has 28 heavy (non-hydrogen) atoms. The Hall–Kier alpha value is -2.93. The van der Waals surface area contributed by atoms with Crippen molar-refractivity contribution in [2.24, 2.45) is 17.3 Å². The summed E-state index contributed by atoms with van der Waals surface area (Å²) in [6.07, 6.45) is 14.7. The number of fused-ring (bicyclic) bond motifs is 2. The molecule has 2 amide bonds. The Bertz CT molecular complexity index is 1020. The average Bonchev–Trinajstić information content (AvgIpc) is 3.31. The highest BCUT2D eigenvalue weighted by atomic mass is 16.5. The van der Waals surface area contributed by atoms with Gasteiger partial charge in [-0.3, -0.25) is 14.8 Å². The normalized spacial score (nSPS) is 29.2. The van der Waals surface area contributed by atoms with Crippen molar-refractivity contribution in [3.8, 4) is 0 Å². The maximum Gasteiger partial charge on any atom is 0.274 e. The summed E-state index contributed by atoms with van der Waals surface area (Å²) in [6.45, 7) is 0.730. The molecule has 1 saturated heterocycles. The zero-order valence-corrected chi connectivity index (χ0v) is 15.4. The van der Waals surface area contributed by atoms with Crippen LogP contribution in [0.15, 0.2) is 54.5 Å². The summed E-state index contributed by atoms with van der Waals surface area (Å²) in [6, 6.07) is 3.90. The van der Waals surface area contributed by atoms with E-state index in [1.807, 2.05) is 46.0 Å². The summed E-state index contributed by atoms with van der Waals surface area (Å²) >= 11 is 0. The van der Waals surface area contributed by atoms with Crippen molar-refractivity contribution in [1.29, 1.82) is 0 Å². The van der Waals surface area contributed by atoms with E-state index in [9.17, 15) is 9.59 Å². The number of hydroxylamine groups is 1. The van der Waals surface area contributed by atoms with E-state index in [0.29, 0.717) is 5.57 Å². The number of allylic oxidation sites excluding steroid dienone is 2. The maximum absolute atomic E-state index is 13.4. The molecule has 2 unspecified atom stereocenters. The summed E-state index contributed by atoms with van der Waals surface area (Å²) in [7, 11) is 0. The van der Waals surface area contributed by atoms with Gasteiger partial charge in [0.05, 0.1) is 11.1 Å². The van der Waals surface area contributed by atoms with Crippen LogP contribution in [0.4, 0.5) is 5.69 Å². The SMILES string of the molecule is O=C(NO)C1=CC2CC[C@]3(CCN(c4ccc5nccn5c4)C3=O)CC2C=C1. The lowest BCUT2D eigenvalue weighted by Crippen LogP contribution is -2.41. The van der Waals surface area contributed by atoms with Crippen molar-refractivity contribution < 1.29 is 14.8 Å². The Morgan fingerprint density at radius 2 is 2.18 bits per heavy atom. The second-order valence-electron chi connectivity index (χ2n) is 8.06. The fourth-order valence-corrected chi connectivity index (χ4v) is 5.06. The zero-order chi connectivity index (χ0) is 19.3. The molecule has 1 saturated carbocycles. The number of pyridine rings is 1. The second kappa shape index (κ2) is 6.31. The minimum absolute atomic E-state index is 0.210. The predicted octanol–water partition coefficient (Wildman–Crippen LogP) is 2.48. The van der Waals surface area contributed by atoms with Crippen LogP contribution in [0.5, 0.6) is 0 Å². The quantitative estimate of drug-likeness (QED) is 0.621. The molecule has 144 valence electrons. The lowest BCUT2D eigenvalue weighted by atomic mass is 9.63. The molecule has 1 aliphatic heterocycles. The number of carbonyl (C=O) groups excluding carboxylic acids is 2. The Morgan fingerprint density at radius 1 is 1.29 bits per heavy atom. The molecule has 7 heteroatoms. The molecule has 0 bridgehead atoms. The Kier molecular flexibility index (Phi) is 3.87. The van der Waals surface area contributed by atoms with E-state index in [4.69, 9.17) is 5.21 Å². The van der Waals surface area contributed by atoms with Crippen LogP contribution in [0.3, 0.4) is 0 Å². The molecule has 2 aliphatic carbocycles. The first-order chi connectivity index (χ1) is 13.6. The molecule has 3 atom stereocenters. The van der Waals surface area contributed by atoms with Gasteiger partial charge in [0.2, 0.25) is 5.91 Å². The molecule has 7 nitrogen and oxygen atoms in total. The van der Waals surface area contributed by atoms with Gasteiger partial charge in [-0.05, 0) is 49.7 Å². The van der Waals surface area contributed by atoms with E-state index in [1.165, 1.54) is 0 Å². The fraction of sp³-hybridized carbons (Fsp3) is 0.381. The van der Waals surface area contributed by atoms with E-state index in [-0.39, 0.29) is 23.2 Å². The number of hydrogen-bond donors (Lipinski definition) is 2. The zero-order valence-electron chi connectivity index (χ0n) is 15.4. The van der Waals surface area contributed by atoms with Gasteiger partial charge in [-0.1, -0.05) is 18.2 Å². The van der Waals surface area contributed by atoms with Crippen LogP contribution in [-0.2, 0) is 9.59 Å². The number of imidazole rings is 1. The molecule has 3 heterocycles. The van der Waals surface area contributed by atoms with E-state index in [1.54, 1.807) is 17.8 Å². The van der Waals surface area contributed by atoms with Crippen LogP contribution in [0.1, 0.15) is 25.7 Å². The van der Waals surface area contributed by atoms with Gasteiger partial charge in [0.15, 0.2) is 0 Å². The Balaban J connectivity index is 1.36. The average molecular weight is 378 g/mol. The number of amides is 2. The van der Waals surface area contributed by atoms with Crippen molar-refractivity contribution in [2.75, 3.05) is 11.4 Å². The van der Waals surface area contributed by atoms with Gasteiger partial charge in [-0.15, -0.1) is 0 Å². The molecule has 1 spiro atoms. The number of hydrogen-bond acceptors (Lipinski definition) is 4. The predicted molar refractivity (Wildman–Crippen MR) is 103 cm³/mol. The topological polar surface area (TPSA) is 86.9 Å². The van der Waals surface area contributed by atoms with Crippen molar-refractivity contribution >= 4 is 23.1 Å². The van der Waals surface area contributed by atoms with Gasteiger partial charge >= 0.3 is 0 Å². The third-order valence-electron chi connectivity index (χ3n) is 6.61. The lowest BCUT2D eigenvalue weighted by molar-refractivity contribution is -0.128. The smallest absolute Gasteiger partial charge is 0.274 e. The first-order valence-corrected chi connectivity index (χ1v) is 9.69. The third-order valence-corrected chi connectivity index (χ3v) is 6.61. The summed E-state index contributed by atoms with van der Waals surface area (Å²) in [5.74, 6) is 0.228. The van der Waals surface area contributed by atoms with E-state index >= 15 is 0 Å². The Labute approximate surface area is 162 Å². The van der Waals surface area contributed by atoms with Crippen LogP contribution < -0.4 is 10.4 Å². The summed E-state index contributed by atoms with van der Waals surface area (Å²) in [5, 5.41) is 8.84. The number of nitrogens with zero attached hydrogens (tertiary/aromatic N) is 3. The first kappa shape index (κ1) is 17.2. The maximum atomic E-state index is 13.4. The van der Waals surface area contributed by atoms with Gasteiger partial charge in [0.25, 0.3) is 5.91 Å². The summed E-state index contributed by atoms with van der Waals surface area (Å²) < 4.78 is 1.94. The van der Waals surface area contributed by atoms with Crippen LogP contribution in [0, 0.1) is 17.3 Å². The highest BCUT2D eigenvalue weighted by molar-refractivity contribution is 6.00. The number of nitrogens with one attached hydrogen (secondary N) is 1. The minimum atomic E-state index is -0.479. The van der Waals surface area contributed by atoms with E-state index in [0.717, 1.165) is 43.6 Å². The molecule has 0 radical (unpaired) electrons. The van der Waals surface area contributed by atoms with Gasteiger partial charge in [-0.25, -0.2) is 10.5 Å². The van der Waals surface area contributed by atoms with E-state index in [2.05, 4.69) is 4.98 Å². The molecule has 2 aromatic rings. The molecular weight excluding hydrogens is 356 g/mol. The first-order valence-electron chi connectivity index (χ1n) is 9.69. The second-order valence-corrected chi connectivity index (χ2v) is 8.06. The van der Waals surface area contributed by atoms with Crippen LogP contribution in [0.25, 0.3) is 5.65 Å². The molecule has 2 aromatic heterocycles. The van der Waals surface area contributed by atoms with Crippen molar-refractivity contribution in [2.45, 2.75) is 25.7 Å². The number of aromatic nitrogens is 2. The Morgan fingerprint density at radius 3 is 3.04 bits per heavy atom. The molecule has 5 rings (SSSR count). The molecule has 2 N–H and O–H groups in total. The van der Waals surface area contributed by atoms with Crippen molar-refractivity contribution in [3.63, 3.8) is 0 Å². The number of carbonyl (C=O) groups is 2. The van der Waals surface area contributed by atoms with Crippen LogP contribution in [-0.4, -0.2) is 33.0 Å². The van der Waals surface area contributed by atoms with E-state index < -0.39 is 5.91 Å². The summed E-state index contributed by atoms with van der Waals surface area (Å²) in [5.41, 5.74) is 3.65. The van der Waals surface area contributed by atoms with Gasteiger partial charge in [-0.2, -0.15) is 0 Å². The van der Waals surface area contributed by atoms with Crippen LogP contribution >= 0.6 is 0 Å². The minimum Gasteiger partial charge on any atom is -0.310 e. The number of rotatable bonds is 2. The largest absolute Gasteiger partial charge is 0.310 e. The monoisotopic (exact) mass is 378 g/mol. The van der Waals surface area contributed by atoms with Gasteiger partial charge < -0.3 is 9.30 Å². The van der Waals surface area contributed by atoms with Gasteiger partial charge in [0.1, 0.15) is 5.65 Å². The number of anilines is 1. The highest BCUT2D eigenvalue weighted by Gasteiger charge is 2.51. The molecular formula is C21H22N4O3. The standard InChI is InChI=1S/C21H22N4O3/c26-19(23-28)15-1-2-16-12-21(6-5-14(16)11-15)7-9-25(20(21)27)17-3-4-18-22-8-10-24(18)13-17/h1-4,8,10-11,13-14,16,28H,5-7,9,12H2,(H,23,26)/t14?,16?,21-/m0/s1. The van der Waals surface area contributed by atoms with Crippen LogP contribution in [0.2, 0.25) is 0 Å². The highest BCUT2D eigenvalue weighted by Crippen LogP contribution is 2.51. The van der Waals surface area contributed by atoms with Crippen molar-refractivity contribution in [1.82, 2.24) is 14.9 Å². The molecule has 0 aromatic carbocycles. The molecule has 2 fully saturated rings. The third kappa shape index (κ3) is 2.57. The van der Waals surface area contributed by atoms with Gasteiger partial charge in [0, 0.05) is 30.7 Å².